The Labute approximate surface area is 102 Å². The van der Waals surface area contributed by atoms with Crippen molar-refractivity contribution in [3.05, 3.63) is 29.3 Å². The lowest BCUT2D eigenvalue weighted by Crippen LogP contribution is -2.13. The number of aliphatic carboxylic acids is 1. The minimum absolute atomic E-state index is 0.0563. The highest BCUT2D eigenvalue weighted by molar-refractivity contribution is 7.98. The van der Waals surface area contributed by atoms with Gasteiger partial charge in [0, 0.05) is 12.5 Å². The van der Waals surface area contributed by atoms with Gasteiger partial charge in [-0.2, -0.15) is 0 Å². The van der Waals surface area contributed by atoms with Gasteiger partial charge in [-0.05, 0) is 30.4 Å². The Bertz CT molecular complexity index is 403. The van der Waals surface area contributed by atoms with Crippen LogP contribution in [-0.4, -0.2) is 17.3 Å². The Morgan fingerprint density at radius 3 is 2.41 bits per heavy atom. The predicted molar refractivity (Wildman–Crippen MR) is 61.9 cm³/mol. The van der Waals surface area contributed by atoms with E-state index in [1.54, 1.807) is 6.26 Å². The number of thioether (sulfide) groups is 1. The van der Waals surface area contributed by atoms with Gasteiger partial charge in [-0.3, -0.25) is 4.79 Å². The van der Waals surface area contributed by atoms with Crippen molar-refractivity contribution in [2.24, 2.45) is 5.73 Å². The van der Waals surface area contributed by atoms with Gasteiger partial charge < -0.3 is 10.8 Å². The molecule has 0 fully saturated rings. The fourth-order valence-corrected chi connectivity index (χ4v) is 1.94. The molecule has 0 heterocycles. The van der Waals surface area contributed by atoms with Crippen LogP contribution in [0, 0.1) is 11.6 Å². The van der Waals surface area contributed by atoms with Crippen molar-refractivity contribution in [2.45, 2.75) is 23.8 Å². The second-order valence-electron chi connectivity index (χ2n) is 3.56. The molecule has 0 bridgehead atoms. The zero-order valence-electron chi connectivity index (χ0n) is 9.24. The smallest absolute Gasteiger partial charge is 0.303 e. The minimum Gasteiger partial charge on any atom is -0.481 e. The maximum absolute atomic E-state index is 13.4. The molecule has 0 radical (unpaired) electrons. The Morgan fingerprint density at radius 2 is 2.00 bits per heavy atom. The molecule has 17 heavy (non-hydrogen) atoms. The molecule has 1 atom stereocenters. The van der Waals surface area contributed by atoms with Crippen LogP contribution in [0.2, 0.25) is 0 Å². The van der Waals surface area contributed by atoms with E-state index in [0.29, 0.717) is 0 Å². The van der Waals surface area contributed by atoms with Crippen molar-refractivity contribution in [2.75, 3.05) is 6.26 Å². The lowest BCUT2D eigenvalue weighted by atomic mass is 10.0. The quantitative estimate of drug-likeness (QED) is 0.799. The Hall–Kier alpha value is -1.14. The van der Waals surface area contributed by atoms with Gasteiger partial charge in [-0.1, -0.05) is 0 Å². The second kappa shape index (κ2) is 5.97. The molecule has 94 valence electrons. The van der Waals surface area contributed by atoms with E-state index >= 15 is 0 Å². The van der Waals surface area contributed by atoms with E-state index in [2.05, 4.69) is 0 Å². The van der Waals surface area contributed by atoms with Crippen LogP contribution in [0.4, 0.5) is 8.78 Å². The summed E-state index contributed by atoms with van der Waals surface area (Å²) in [7, 11) is 0. The number of hydrogen-bond donors (Lipinski definition) is 2. The van der Waals surface area contributed by atoms with Crippen LogP contribution in [-0.2, 0) is 4.79 Å². The van der Waals surface area contributed by atoms with E-state index in [9.17, 15) is 13.6 Å². The maximum Gasteiger partial charge on any atom is 0.303 e. The maximum atomic E-state index is 13.4. The van der Waals surface area contributed by atoms with Gasteiger partial charge in [0.2, 0.25) is 0 Å². The molecule has 0 aromatic heterocycles. The van der Waals surface area contributed by atoms with Crippen molar-refractivity contribution in [3.63, 3.8) is 0 Å². The average molecular weight is 261 g/mol. The van der Waals surface area contributed by atoms with Gasteiger partial charge in [0.15, 0.2) is 0 Å². The molecule has 0 spiro atoms. The van der Waals surface area contributed by atoms with Crippen LogP contribution in [0.15, 0.2) is 17.0 Å². The molecule has 0 aliphatic rings. The lowest BCUT2D eigenvalue weighted by Gasteiger charge is -2.12. The number of carboxylic acids is 1. The Kier molecular flexibility index (Phi) is 4.89. The minimum atomic E-state index is -0.984. The molecule has 0 amide bonds. The Balaban J connectivity index is 2.88. The number of nitrogens with two attached hydrogens (primary N) is 1. The van der Waals surface area contributed by atoms with E-state index in [4.69, 9.17) is 10.8 Å². The summed E-state index contributed by atoms with van der Waals surface area (Å²) in [5.74, 6) is -2.32. The molecule has 1 aromatic carbocycles. The molecule has 0 saturated carbocycles. The number of carbonyl (C=O) groups is 1. The topological polar surface area (TPSA) is 63.3 Å². The van der Waals surface area contributed by atoms with Crippen LogP contribution < -0.4 is 5.73 Å². The van der Waals surface area contributed by atoms with Crippen LogP contribution >= 0.6 is 11.8 Å². The molecule has 0 saturated heterocycles. The largest absolute Gasteiger partial charge is 0.481 e. The first kappa shape index (κ1) is 13.9. The average Bonchev–Trinajstić information content (AvgIpc) is 2.25. The summed E-state index contributed by atoms with van der Waals surface area (Å²) in [5.41, 5.74) is 5.95. The van der Waals surface area contributed by atoms with E-state index in [1.165, 1.54) is 0 Å². The molecule has 3 nitrogen and oxygen atoms in total. The third kappa shape index (κ3) is 3.67. The first-order valence-corrected chi connectivity index (χ1v) is 6.18. The predicted octanol–water partition coefficient (Wildman–Crippen LogP) is 2.55. The van der Waals surface area contributed by atoms with Gasteiger partial charge in [-0.25, -0.2) is 8.78 Å². The lowest BCUT2D eigenvalue weighted by molar-refractivity contribution is -0.137. The summed E-state index contributed by atoms with van der Waals surface area (Å²) < 4.78 is 26.9. The summed E-state index contributed by atoms with van der Waals surface area (Å²) in [6.45, 7) is 0. The van der Waals surface area contributed by atoms with E-state index in [-0.39, 0.29) is 23.3 Å². The first-order chi connectivity index (χ1) is 7.95. The first-order valence-electron chi connectivity index (χ1n) is 4.96. The normalized spacial score (nSPS) is 12.5. The van der Waals surface area contributed by atoms with Gasteiger partial charge in [0.05, 0.1) is 4.90 Å². The molecule has 0 aliphatic carbocycles. The van der Waals surface area contributed by atoms with Crippen molar-refractivity contribution < 1.29 is 18.7 Å². The van der Waals surface area contributed by atoms with Gasteiger partial charge in [0.25, 0.3) is 0 Å². The fraction of sp³-hybridized carbons (Fsp3) is 0.364. The molecule has 6 heteroatoms. The second-order valence-corrected chi connectivity index (χ2v) is 4.37. The zero-order valence-corrected chi connectivity index (χ0v) is 10.1. The van der Waals surface area contributed by atoms with Gasteiger partial charge in [0.1, 0.15) is 11.6 Å². The Morgan fingerprint density at radius 1 is 1.47 bits per heavy atom. The summed E-state index contributed by atoms with van der Waals surface area (Å²) >= 11 is 0.976. The molecular formula is C11H13F2NO2S. The van der Waals surface area contributed by atoms with E-state index < -0.39 is 23.6 Å². The SMILES string of the molecule is CSc1c(F)cc(C(N)CCC(=O)O)cc1F. The van der Waals surface area contributed by atoms with E-state index in [0.717, 1.165) is 23.9 Å². The molecule has 1 aromatic rings. The molecule has 0 aliphatic heterocycles. The van der Waals surface area contributed by atoms with Crippen LogP contribution in [0.25, 0.3) is 0 Å². The number of halogens is 2. The summed E-state index contributed by atoms with van der Waals surface area (Å²) in [4.78, 5) is 10.3. The number of rotatable bonds is 5. The fourth-order valence-electron chi connectivity index (χ4n) is 1.43. The third-order valence-electron chi connectivity index (χ3n) is 2.32. The third-order valence-corrected chi connectivity index (χ3v) is 3.12. The molecule has 3 N–H and O–H groups in total. The summed E-state index contributed by atoms with van der Waals surface area (Å²) in [5, 5.41) is 8.49. The number of benzene rings is 1. The van der Waals surface area contributed by atoms with Crippen LogP contribution in [0.3, 0.4) is 0 Å². The van der Waals surface area contributed by atoms with Crippen molar-refractivity contribution in [3.8, 4) is 0 Å². The molecule has 1 unspecified atom stereocenters. The summed E-state index contributed by atoms with van der Waals surface area (Å²) in [6.07, 6.45) is 1.59. The highest BCUT2D eigenvalue weighted by atomic mass is 32.2. The van der Waals surface area contributed by atoms with Gasteiger partial charge >= 0.3 is 5.97 Å². The van der Waals surface area contributed by atoms with Crippen LogP contribution in [0.5, 0.6) is 0 Å². The zero-order chi connectivity index (χ0) is 13.0. The highest BCUT2D eigenvalue weighted by Crippen LogP contribution is 2.27. The highest BCUT2D eigenvalue weighted by Gasteiger charge is 2.15. The van der Waals surface area contributed by atoms with Gasteiger partial charge in [-0.15, -0.1) is 11.8 Å². The summed E-state index contributed by atoms with van der Waals surface area (Å²) in [6, 6.07) is 1.63. The molecule has 1 rings (SSSR count). The standard InChI is InChI=1S/C11H13F2NO2S/c1-17-11-7(12)4-6(5-8(11)13)9(14)2-3-10(15)16/h4-5,9H,2-3,14H2,1H3,(H,15,16). The van der Waals surface area contributed by atoms with Crippen molar-refractivity contribution >= 4 is 17.7 Å². The number of carboxylic acid groups (broad SMARTS) is 1. The monoisotopic (exact) mass is 261 g/mol. The number of hydrogen-bond acceptors (Lipinski definition) is 3. The van der Waals surface area contributed by atoms with Crippen molar-refractivity contribution in [1.82, 2.24) is 0 Å². The molecular weight excluding hydrogens is 248 g/mol. The van der Waals surface area contributed by atoms with Crippen LogP contribution in [0.1, 0.15) is 24.4 Å². The van der Waals surface area contributed by atoms with Crippen molar-refractivity contribution in [1.29, 1.82) is 0 Å². The van der Waals surface area contributed by atoms with E-state index in [1.807, 2.05) is 0 Å².